The number of aromatic nitrogens is 4. The van der Waals surface area contributed by atoms with Crippen LogP contribution in [0, 0.1) is 11.8 Å². The molecule has 4 atom stereocenters. The molecule has 1 saturated carbocycles. The van der Waals surface area contributed by atoms with Gasteiger partial charge in [0.25, 0.3) is 0 Å². The van der Waals surface area contributed by atoms with Gasteiger partial charge in [-0.2, -0.15) is 0 Å². The fourth-order valence-electron chi connectivity index (χ4n) is 10.8. The summed E-state index contributed by atoms with van der Waals surface area (Å²) in [6.45, 7) is 8.90. The van der Waals surface area contributed by atoms with Crippen molar-refractivity contribution < 1.29 is 28.7 Å². The van der Waals surface area contributed by atoms with Crippen LogP contribution >= 0.6 is 0 Å². The topological polar surface area (TPSA) is 184 Å². The van der Waals surface area contributed by atoms with Gasteiger partial charge in [0, 0.05) is 42.5 Å². The first-order valence-corrected chi connectivity index (χ1v) is 23.0. The second kappa shape index (κ2) is 17.8. The van der Waals surface area contributed by atoms with E-state index in [2.05, 4.69) is 52.0 Å². The van der Waals surface area contributed by atoms with Gasteiger partial charge in [0.05, 0.1) is 48.7 Å². The van der Waals surface area contributed by atoms with Gasteiger partial charge in [-0.1, -0.05) is 58.0 Å². The first kappa shape index (κ1) is 43.1. The molecule has 4 amide bonds. The lowest BCUT2D eigenvalue weighted by Crippen LogP contribution is -2.53. The minimum atomic E-state index is -0.700. The van der Waals surface area contributed by atoms with Gasteiger partial charge in [-0.25, -0.2) is 14.6 Å². The van der Waals surface area contributed by atoms with E-state index in [1.165, 1.54) is 25.3 Å². The van der Waals surface area contributed by atoms with Gasteiger partial charge < -0.3 is 34.9 Å². The van der Waals surface area contributed by atoms with Gasteiger partial charge in [0.2, 0.25) is 11.8 Å². The van der Waals surface area contributed by atoms with Crippen LogP contribution in [0.4, 0.5) is 9.59 Å². The van der Waals surface area contributed by atoms with Crippen LogP contribution in [0.5, 0.6) is 0 Å². The predicted molar refractivity (Wildman–Crippen MR) is 243 cm³/mol. The predicted octanol–water partition coefficient (Wildman–Crippen LogP) is 8.04. The first-order chi connectivity index (χ1) is 30.9. The molecule has 2 aromatic carbocycles. The highest BCUT2D eigenvalue weighted by Gasteiger charge is 2.41. The lowest BCUT2D eigenvalue weighted by Gasteiger charge is -2.40. The Morgan fingerprint density at radius 3 is 1.77 bits per heavy atom. The molecule has 336 valence electrons. The molecule has 15 heteroatoms. The fraction of sp³-hybridized carbons (Fsp3) is 0.510. The van der Waals surface area contributed by atoms with Crippen LogP contribution in [-0.2, 0) is 19.1 Å². The van der Waals surface area contributed by atoms with Crippen LogP contribution in [0.2, 0.25) is 0 Å². The summed E-state index contributed by atoms with van der Waals surface area (Å²) in [4.78, 5) is 68.8. The summed E-state index contributed by atoms with van der Waals surface area (Å²) in [6, 6.07) is 13.1. The number of rotatable bonds is 11. The number of ether oxygens (including phenoxy) is 2. The van der Waals surface area contributed by atoms with Crippen LogP contribution in [0.25, 0.3) is 39.1 Å². The van der Waals surface area contributed by atoms with E-state index in [1.54, 1.807) is 0 Å². The second-order valence-electron chi connectivity index (χ2n) is 18.8. The van der Waals surface area contributed by atoms with E-state index in [0.717, 1.165) is 108 Å². The molecule has 3 fully saturated rings. The first-order valence-electron chi connectivity index (χ1n) is 23.0. The van der Waals surface area contributed by atoms with E-state index in [1.807, 2.05) is 49.8 Å². The normalized spacial score (nSPS) is 22.4. The number of imidazole rings is 1. The van der Waals surface area contributed by atoms with Gasteiger partial charge in [-0.15, -0.1) is 10.2 Å². The zero-order valence-electron chi connectivity index (χ0n) is 37.6. The largest absolute Gasteiger partial charge is 0.453 e. The number of fused-ring (bicyclic) bond motifs is 3. The number of amides is 4. The van der Waals surface area contributed by atoms with Crippen molar-refractivity contribution >= 4 is 46.3 Å². The molecular weight excluding hydrogens is 811 g/mol. The highest BCUT2D eigenvalue weighted by atomic mass is 16.5. The molecule has 2 aromatic heterocycles. The van der Waals surface area contributed by atoms with Crippen LogP contribution in [0.3, 0.4) is 0 Å². The zero-order valence-corrected chi connectivity index (χ0v) is 37.6. The van der Waals surface area contributed by atoms with Gasteiger partial charge in [-0.3, -0.25) is 14.6 Å². The molecule has 2 saturated heterocycles. The van der Waals surface area contributed by atoms with Crippen molar-refractivity contribution in [3.8, 4) is 22.5 Å². The Morgan fingerprint density at radius 1 is 0.688 bits per heavy atom. The van der Waals surface area contributed by atoms with E-state index < -0.39 is 24.3 Å². The summed E-state index contributed by atoms with van der Waals surface area (Å²) >= 11 is 0. The van der Waals surface area contributed by atoms with Crippen molar-refractivity contribution in [3.63, 3.8) is 0 Å². The number of aliphatic imine (C=N–C) groups is 1. The molecule has 5 heterocycles. The Hall–Kier alpha value is -6.12. The number of alkyl carbamates (subject to hydrolysis) is 2. The number of allylic oxidation sites excluding steroid dienone is 1. The molecule has 4 aromatic rings. The van der Waals surface area contributed by atoms with E-state index in [4.69, 9.17) is 29.6 Å². The number of likely N-dealkylation sites (tertiary alicyclic amines) is 2. The highest BCUT2D eigenvalue weighted by Crippen LogP contribution is 2.54. The number of carbonyl (C=O) groups is 4. The summed E-state index contributed by atoms with van der Waals surface area (Å²) in [7, 11) is 2.61. The lowest BCUT2D eigenvalue weighted by atomic mass is 9.65. The summed E-state index contributed by atoms with van der Waals surface area (Å²) in [6.07, 6.45) is 9.27. The van der Waals surface area contributed by atoms with Crippen molar-refractivity contribution in [1.82, 2.24) is 40.6 Å². The number of benzene rings is 2. The molecule has 10 rings (SSSR count). The number of carbonyl (C=O) groups excluding carboxylic acids is 4. The minimum absolute atomic E-state index is 0.0919. The average Bonchev–Trinajstić information content (AvgIpc) is 4.16. The number of hydrogen-bond donors (Lipinski definition) is 3. The molecule has 64 heavy (non-hydrogen) atoms. The summed E-state index contributed by atoms with van der Waals surface area (Å²) in [5.74, 6) is 1.13. The van der Waals surface area contributed by atoms with E-state index in [9.17, 15) is 19.2 Å². The van der Waals surface area contributed by atoms with Crippen molar-refractivity contribution in [3.05, 3.63) is 71.2 Å². The fourth-order valence-corrected chi connectivity index (χ4v) is 10.8. The number of methoxy groups -OCH3 is 2. The maximum Gasteiger partial charge on any atom is 0.407 e. The Kier molecular flexibility index (Phi) is 12.0. The molecule has 3 N–H and O–H groups in total. The zero-order chi connectivity index (χ0) is 44.8. The molecule has 2 bridgehead atoms. The van der Waals surface area contributed by atoms with Gasteiger partial charge in [0.1, 0.15) is 17.9 Å². The number of H-pyrrole nitrogens is 1. The third-order valence-corrected chi connectivity index (χ3v) is 14.2. The van der Waals surface area contributed by atoms with Crippen molar-refractivity contribution in [1.29, 1.82) is 0 Å². The van der Waals surface area contributed by atoms with Crippen molar-refractivity contribution in [2.45, 2.75) is 121 Å². The average molecular weight is 870 g/mol. The van der Waals surface area contributed by atoms with Crippen LogP contribution in [-0.4, -0.2) is 105 Å². The molecule has 2 unspecified atom stereocenters. The number of hydrogen-bond acceptors (Lipinski definition) is 10. The molecule has 0 spiro atoms. The van der Waals surface area contributed by atoms with E-state index in [0.29, 0.717) is 31.3 Å². The highest BCUT2D eigenvalue weighted by molar-refractivity contribution is 6.04. The number of nitrogens with one attached hydrogen (secondary N) is 3. The third-order valence-electron chi connectivity index (χ3n) is 14.2. The Morgan fingerprint density at radius 2 is 1.20 bits per heavy atom. The smallest absolute Gasteiger partial charge is 0.407 e. The molecule has 3 aliphatic heterocycles. The lowest BCUT2D eigenvalue weighted by molar-refractivity contribution is -0.135. The van der Waals surface area contributed by atoms with E-state index >= 15 is 0 Å². The van der Waals surface area contributed by atoms with Gasteiger partial charge in [0.15, 0.2) is 0 Å². The summed E-state index contributed by atoms with van der Waals surface area (Å²) < 4.78 is 9.62. The maximum atomic E-state index is 13.8. The molecule has 3 aliphatic carbocycles. The summed E-state index contributed by atoms with van der Waals surface area (Å²) in [5, 5.41) is 15.5. The van der Waals surface area contributed by atoms with Crippen molar-refractivity contribution in [2.75, 3.05) is 27.3 Å². The van der Waals surface area contributed by atoms with Gasteiger partial charge >= 0.3 is 12.2 Å². The van der Waals surface area contributed by atoms with Crippen LogP contribution in [0.1, 0.15) is 126 Å². The van der Waals surface area contributed by atoms with Crippen molar-refractivity contribution in [2.24, 2.45) is 16.8 Å². The molecular formula is C49H59N9O6. The molecule has 15 nitrogen and oxygen atoms in total. The Bertz CT molecular complexity index is 2520. The second-order valence-corrected chi connectivity index (χ2v) is 18.8. The van der Waals surface area contributed by atoms with Gasteiger partial charge in [-0.05, 0) is 109 Å². The quantitative estimate of drug-likeness (QED) is 0.134. The van der Waals surface area contributed by atoms with E-state index in [-0.39, 0.29) is 35.7 Å². The minimum Gasteiger partial charge on any atom is -0.453 e. The maximum absolute atomic E-state index is 13.8. The van der Waals surface area contributed by atoms with Crippen LogP contribution in [0.15, 0.2) is 53.7 Å². The third kappa shape index (κ3) is 8.02. The van der Waals surface area contributed by atoms with Crippen LogP contribution < -0.4 is 10.6 Å². The SMILES string of the molecule is COC(=O)N[C@H](C(=O)N1CCCC1C1=NC=C(c2ccc(-c3nnc(-c4ccc5nc(C6CCCN6C(=O)[C@@H](NC(=O)OC)C(C)C)[nH]c5c4)c4c3C3CCC4CC3)cc2)C1)C(C)C. The number of aromatic amines is 1. The molecule has 0 radical (unpaired) electrons. The molecule has 6 aliphatic rings. The Balaban J connectivity index is 0.937. The number of nitrogens with zero attached hydrogens (tertiary/aromatic N) is 6. The Labute approximate surface area is 373 Å². The standard InChI is InChI=1S/C49H59N9O6/c1-26(2)41(53-48(61)63-5)46(59)57-21-7-9-37(57)36-24-33(25-50-36)28-11-17-31(18-12-28)43-39-29-13-15-30(16-14-29)40(39)44(56-55-43)32-19-20-34-35(23-32)52-45(51-34)38-10-8-22-58(38)47(60)42(27(3)4)54-49(62)64-6/h11-12,17-20,23,25-27,29-30,37-38,41-42H,7-10,13-16,21-22,24H2,1-6H3,(H,51,52)(H,53,61)(H,54,62)/t29?,30?,37?,38?,41-,42-/m0/s1. The monoisotopic (exact) mass is 869 g/mol. The summed E-state index contributed by atoms with van der Waals surface area (Å²) in [5.41, 5.74) is 11.4.